The van der Waals surface area contributed by atoms with Crippen molar-refractivity contribution in [3.05, 3.63) is 75.2 Å². The van der Waals surface area contributed by atoms with E-state index in [2.05, 4.69) is 9.97 Å². The van der Waals surface area contributed by atoms with Crippen molar-refractivity contribution in [2.24, 2.45) is 0 Å². The number of phenolic OH excluding ortho intramolecular Hbond substituents is 2. The van der Waals surface area contributed by atoms with Crippen molar-refractivity contribution in [3.8, 4) is 28.6 Å². The number of nitrogens with zero attached hydrogens (tertiary/aromatic N) is 2. The molecule has 2 aromatic carbocycles. The third kappa shape index (κ3) is 4.49. The first-order chi connectivity index (χ1) is 16.7. The molecule has 0 saturated heterocycles. The van der Waals surface area contributed by atoms with Gasteiger partial charge in [0.2, 0.25) is 11.2 Å². The summed E-state index contributed by atoms with van der Waals surface area (Å²) in [5.74, 6) is -0.248. The van der Waals surface area contributed by atoms with E-state index < -0.39 is 5.43 Å². The molecule has 0 aliphatic heterocycles. The molecule has 0 fully saturated rings. The van der Waals surface area contributed by atoms with E-state index in [-0.39, 0.29) is 46.0 Å². The molecular formula is C28H28N2O5. The molecule has 0 saturated carbocycles. The molecule has 2 N–H and O–H groups in total. The Hall–Kier alpha value is -4.13. The minimum absolute atomic E-state index is 0.0155. The van der Waals surface area contributed by atoms with Crippen LogP contribution in [-0.4, -0.2) is 27.3 Å². The van der Waals surface area contributed by atoms with Gasteiger partial charge >= 0.3 is 0 Å². The number of ether oxygens (including phenoxy) is 1. The van der Waals surface area contributed by atoms with E-state index in [1.54, 1.807) is 30.6 Å². The lowest BCUT2D eigenvalue weighted by molar-refractivity contribution is 0.396. The monoisotopic (exact) mass is 472 g/mol. The molecule has 0 unspecified atom stereocenters. The standard InChI is InChI=1S/C28H28N2O5/c1-15(2)6-9-18-23(31)19(10-7-16(3)4)27-22(24(18)32)25(33)28(34-5)26(35-27)17-8-11-20-21(14-17)30-13-12-29-20/h6-8,11-14,31-32H,9-10H2,1-5H3. The molecule has 0 bridgehead atoms. The number of fused-ring (bicyclic) bond motifs is 2. The first kappa shape index (κ1) is 24.0. The van der Waals surface area contributed by atoms with E-state index in [0.717, 1.165) is 11.1 Å². The Kier molecular flexibility index (Phi) is 6.60. The maximum atomic E-state index is 13.6. The molecule has 0 amide bonds. The van der Waals surface area contributed by atoms with Gasteiger partial charge in [0, 0.05) is 29.1 Å². The normalized spacial score (nSPS) is 11.0. The molecule has 2 aromatic heterocycles. The molecule has 0 aliphatic rings. The quantitative estimate of drug-likeness (QED) is 0.340. The minimum Gasteiger partial charge on any atom is -0.507 e. The summed E-state index contributed by atoms with van der Waals surface area (Å²) in [5, 5.41) is 22.3. The number of allylic oxidation sites excluding steroid dienone is 4. The van der Waals surface area contributed by atoms with Gasteiger partial charge in [0.1, 0.15) is 22.5 Å². The molecule has 2 heterocycles. The first-order valence-electron chi connectivity index (χ1n) is 11.3. The molecule has 7 heteroatoms. The van der Waals surface area contributed by atoms with Gasteiger partial charge in [-0.2, -0.15) is 0 Å². The van der Waals surface area contributed by atoms with Crippen molar-refractivity contribution in [1.82, 2.24) is 9.97 Å². The molecule has 0 radical (unpaired) electrons. The highest BCUT2D eigenvalue weighted by Gasteiger charge is 2.26. The number of hydrogen-bond acceptors (Lipinski definition) is 7. The molecular weight excluding hydrogens is 444 g/mol. The van der Waals surface area contributed by atoms with E-state index >= 15 is 0 Å². The van der Waals surface area contributed by atoms with Crippen LogP contribution in [0.5, 0.6) is 17.2 Å². The lowest BCUT2D eigenvalue weighted by atomic mass is 9.96. The lowest BCUT2D eigenvalue weighted by Crippen LogP contribution is -2.10. The Morgan fingerprint density at radius 2 is 1.57 bits per heavy atom. The fraction of sp³-hybridized carbons (Fsp3) is 0.250. The Bertz CT molecular complexity index is 1560. The Balaban J connectivity index is 2.09. The number of phenols is 2. The van der Waals surface area contributed by atoms with E-state index in [0.29, 0.717) is 28.6 Å². The average molecular weight is 473 g/mol. The van der Waals surface area contributed by atoms with Gasteiger partial charge < -0.3 is 19.4 Å². The topological polar surface area (TPSA) is 106 Å². The smallest absolute Gasteiger partial charge is 0.239 e. The molecule has 180 valence electrons. The zero-order valence-corrected chi connectivity index (χ0v) is 20.5. The predicted molar refractivity (Wildman–Crippen MR) is 137 cm³/mol. The van der Waals surface area contributed by atoms with Crippen molar-refractivity contribution in [3.63, 3.8) is 0 Å². The summed E-state index contributed by atoms with van der Waals surface area (Å²) in [6.45, 7) is 7.75. The van der Waals surface area contributed by atoms with Crippen LogP contribution in [0.3, 0.4) is 0 Å². The SMILES string of the molecule is COc1c(-c2ccc3nccnc3c2)oc2c(CC=C(C)C)c(O)c(CC=C(C)C)c(O)c2c1=O. The van der Waals surface area contributed by atoms with E-state index in [9.17, 15) is 15.0 Å². The maximum absolute atomic E-state index is 13.6. The lowest BCUT2D eigenvalue weighted by Gasteiger charge is -2.16. The van der Waals surface area contributed by atoms with Gasteiger partial charge in [-0.25, -0.2) is 0 Å². The van der Waals surface area contributed by atoms with Crippen LogP contribution in [0.2, 0.25) is 0 Å². The van der Waals surface area contributed by atoms with Crippen LogP contribution in [0, 0.1) is 0 Å². The fourth-order valence-corrected chi connectivity index (χ4v) is 3.97. The van der Waals surface area contributed by atoms with E-state index in [1.807, 2.05) is 39.8 Å². The van der Waals surface area contributed by atoms with Gasteiger partial charge in [-0.3, -0.25) is 14.8 Å². The molecule has 0 aliphatic carbocycles. The van der Waals surface area contributed by atoms with Gasteiger partial charge in [-0.1, -0.05) is 23.3 Å². The van der Waals surface area contributed by atoms with Gasteiger partial charge in [-0.15, -0.1) is 0 Å². The highest BCUT2D eigenvalue weighted by Crippen LogP contribution is 2.43. The van der Waals surface area contributed by atoms with Crippen LogP contribution in [0.25, 0.3) is 33.3 Å². The van der Waals surface area contributed by atoms with Crippen LogP contribution >= 0.6 is 0 Å². The van der Waals surface area contributed by atoms with Crippen LogP contribution < -0.4 is 10.2 Å². The summed E-state index contributed by atoms with van der Waals surface area (Å²) < 4.78 is 11.7. The Labute approximate surface area is 203 Å². The zero-order valence-electron chi connectivity index (χ0n) is 20.5. The largest absolute Gasteiger partial charge is 0.507 e. The van der Waals surface area contributed by atoms with Crippen molar-refractivity contribution >= 4 is 22.0 Å². The number of hydrogen-bond donors (Lipinski definition) is 2. The van der Waals surface area contributed by atoms with Gasteiger partial charge in [-0.05, 0) is 58.7 Å². The maximum Gasteiger partial charge on any atom is 0.239 e. The second-order valence-corrected chi connectivity index (χ2v) is 8.88. The van der Waals surface area contributed by atoms with E-state index in [4.69, 9.17) is 9.15 Å². The van der Waals surface area contributed by atoms with Crippen LogP contribution in [0.15, 0.2) is 63.1 Å². The highest BCUT2D eigenvalue weighted by molar-refractivity contribution is 5.93. The third-order valence-electron chi connectivity index (χ3n) is 5.80. The Morgan fingerprint density at radius 1 is 0.943 bits per heavy atom. The molecule has 0 spiro atoms. The summed E-state index contributed by atoms with van der Waals surface area (Å²) in [6, 6.07) is 5.30. The van der Waals surface area contributed by atoms with Crippen LogP contribution in [-0.2, 0) is 12.8 Å². The highest BCUT2D eigenvalue weighted by atomic mass is 16.5. The van der Waals surface area contributed by atoms with Gasteiger partial charge in [0.05, 0.1) is 18.1 Å². The predicted octanol–water partition coefficient (Wildman–Crippen LogP) is 5.84. The van der Waals surface area contributed by atoms with Gasteiger partial charge in [0.15, 0.2) is 5.76 Å². The third-order valence-corrected chi connectivity index (χ3v) is 5.80. The molecule has 7 nitrogen and oxygen atoms in total. The van der Waals surface area contributed by atoms with Crippen molar-refractivity contribution in [1.29, 1.82) is 0 Å². The molecule has 4 rings (SSSR count). The van der Waals surface area contributed by atoms with E-state index in [1.165, 1.54) is 7.11 Å². The second-order valence-electron chi connectivity index (χ2n) is 8.88. The summed E-state index contributed by atoms with van der Waals surface area (Å²) >= 11 is 0. The zero-order chi connectivity index (χ0) is 25.3. The minimum atomic E-state index is -0.516. The molecule has 35 heavy (non-hydrogen) atoms. The van der Waals surface area contributed by atoms with Crippen LogP contribution in [0.1, 0.15) is 38.8 Å². The van der Waals surface area contributed by atoms with Gasteiger partial charge in [0.25, 0.3) is 0 Å². The number of benzene rings is 2. The molecule has 0 atom stereocenters. The van der Waals surface area contributed by atoms with Crippen molar-refractivity contribution in [2.75, 3.05) is 7.11 Å². The summed E-state index contributed by atoms with van der Waals surface area (Å²) in [4.78, 5) is 22.3. The summed E-state index contributed by atoms with van der Waals surface area (Å²) in [5.41, 5.74) is 4.26. The van der Waals surface area contributed by atoms with Crippen LogP contribution in [0.4, 0.5) is 0 Å². The first-order valence-corrected chi connectivity index (χ1v) is 11.3. The summed E-state index contributed by atoms with van der Waals surface area (Å²) in [6.07, 6.45) is 7.60. The number of aromatic nitrogens is 2. The number of methoxy groups -OCH3 is 1. The second kappa shape index (κ2) is 9.62. The summed E-state index contributed by atoms with van der Waals surface area (Å²) in [7, 11) is 1.38. The molecule has 4 aromatic rings. The Morgan fingerprint density at radius 3 is 2.20 bits per heavy atom. The average Bonchev–Trinajstić information content (AvgIpc) is 2.82. The number of aromatic hydroxyl groups is 2. The van der Waals surface area contributed by atoms with Crippen molar-refractivity contribution in [2.45, 2.75) is 40.5 Å². The fourth-order valence-electron chi connectivity index (χ4n) is 3.97. The number of rotatable bonds is 6. The van der Waals surface area contributed by atoms with Crippen molar-refractivity contribution < 1.29 is 19.4 Å².